The van der Waals surface area contributed by atoms with Gasteiger partial charge in [0.1, 0.15) is 11.5 Å². The molecule has 8 heteroatoms. The van der Waals surface area contributed by atoms with Crippen molar-refractivity contribution >= 4 is 7.82 Å². The summed E-state index contributed by atoms with van der Waals surface area (Å²) in [4.78, 5) is 9.53. The van der Waals surface area contributed by atoms with Crippen LogP contribution in [0.1, 0.15) is 0 Å². The van der Waals surface area contributed by atoms with Crippen LogP contribution in [-0.4, -0.2) is 20.3 Å². The molecule has 2 aromatic carbocycles. The van der Waals surface area contributed by atoms with Gasteiger partial charge in [0.25, 0.3) is 0 Å². The van der Waals surface area contributed by atoms with Gasteiger partial charge in [0.05, 0.1) is 12.4 Å². The molecule has 0 aliphatic rings. The van der Waals surface area contributed by atoms with Crippen molar-refractivity contribution in [2.45, 2.75) is 0 Å². The summed E-state index contributed by atoms with van der Waals surface area (Å²) in [5.41, 5.74) is 0. The summed E-state index contributed by atoms with van der Waals surface area (Å²) in [7, 11) is -4.14. The number of aromatic amines is 1. The molecule has 0 radical (unpaired) electrons. The quantitative estimate of drug-likeness (QED) is 0.717. The maximum atomic E-state index is 11.7. The van der Waals surface area contributed by atoms with Crippen LogP contribution in [-0.2, 0) is 4.57 Å². The molecule has 0 amide bonds. The lowest BCUT2D eigenvalue weighted by atomic mass is 10.3. The van der Waals surface area contributed by atoms with Gasteiger partial charge in [-0.15, -0.1) is 0 Å². The smallest absolute Gasteiger partial charge is 0.395 e. The normalized spacial score (nSPS) is 10.2. The van der Waals surface area contributed by atoms with E-state index in [2.05, 4.69) is 15.4 Å². The molecule has 1 heterocycles. The van der Waals surface area contributed by atoms with Crippen molar-refractivity contribution in [2.75, 3.05) is 0 Å². The third-order valence-corrected chi connectivity index (χ3v) is 3.14. The van der Waals surface area contributed by atoms with Crippen LogP contribution < -0.4 is 9.05 Å². The predicted molar refractivity (Wildman–Crippen MR) is 80.3 cm³/mol. The number of phosphoric ester groups is 1. The molecule has 0 saturated heterocycles. The highest BCUT2D eigenvalue weighted by Crippen LogP contribution is 2.43. The Bertz CT molecular complexity index is 630. The topological polar surface area (TPSA) is 97.3 Å². The summed E-state index contributed by atoms with van der Waals surface area (Å²) in [6, 6.07) is 16.7. The van der Waals surface area contributed by atoms with E-state index in [1.165, 1.54) is 0 Å². The van der Waals surface area contributed by atoms with Crippen LogP contribution in [0.5, 0.6) is 11.5 Å². The zero-order valence-electron chi connectivity index (χ0n) is 11.4. The van der Waals surface area contributed by atoms with Crippen LogP contribution in [0, 0.1) is 0 Å². The first-order valence-electron chi connectivity index (χ1n) is 6.27. The second-order valence-electron chi connectivity index (χ2n) is 3.93. The van der Waals surface area contributed by atoms with Crippen molar-refractivity contribution in [3.63, 3.8) is 0 Å². The third-order valence-electron chi connectivity index (χ3n) is 2.26. The van der Waals surface area contributed by atoms with Crippen LogP contribution in [0.25, 0.3) is 0 Å². The second-order valence-corrected chi connectivity index (χ2v) is 5.24. The number of nitrogens with zero attached hydrogens (tertiary/aromatic N) is 2. The molecule has 0 atom stereocenters. The first-order valence-corrected chi connectivity index (χ1v) is 7.77. The van der Waals surface area contributed by atoms with Crippen molar-refractivity contribution in [3.05, 3.63) is 73.1 Å². The molecule has 0 spiro atoms. The zero-order valence-corrected chi connectivity index (χ0v) is 12.3. The number of benzene rings is 2. The molecular formula is C14H14N3O4P. The summed E-state index contributed by atoms with van der Waals surface area (Å²) >= 11 is 0. The van der Waals surface area contributed by atoms with Gasteiger partial charge in [-0.25, -0.2) is 4.57 Å². The molecule has 1 aromatic heterocycles. The Hall–Kier alpha value is -2.63. The summed E-state index contributed by atoms with van der Waals surface area (Å²) < 4.78 is 21.5. The van der Waals surface area contributed by atoms with Crippen molar-refractivity contribution < 1.29 is 18.5 Å². The first-order chi connectivity index (χ1) is 10.7. The van der Waals surface area contributed by atoms with Gasteiger partial charge in [0.15, 0.2) is 0 Å². The van der Waals surface area contributed by atoms with E-state index in [-0.39, 0.29) is 11.5 Å². The molecule has 0 fully saturated rings. The molecule has 0 aliphatic heterocycles. The van der Waals surface area contributed by atoms with E-state index < -0.39 is 7.82 Å². The Kier molecular flexibility index (Phi) is 5.71. The van der Waals surface area contributed by atoms with E-state index in [1.807, 2.05) is 0 Å². The Morgan fingerprint density at radius 2 is 1.23 bits per heavy atom. The van der Waals surface area contributed by atoms with Crippen molar-refractivity contribution in [2.24, 2.45) is 0 Å². The van der Waals surface area contributed by atoms with Crippen LogP contribution in [0.4, 0.5) is 0 Å². The Labute approximate surface area is 127 Å². The van der Waals surface area contributed by atoms with E-state index >= 15 is 0 Å². The van der Waals surface area contributed by atoms with Gasteiger partial charge in [-0.05, 0) is 24.3 Å². The van der Waals surface area contributed by atoms with Gasteiger partial charge in [0, 0.05) is 0 Å². The highest BCUT2D eigenvalue weighted by atomic mass is 31.2. The van der Waals surface area contributed by atoms with Gasteiger partial charge in [-0.1, -0.05) is 36.4 Å². The molecule has 2 N–H and O–H groups in total. The minimum absolute atomic E-state index is 0.286. The van der Waals surface area contributed by atoms with Crippen molar-refractivity contribution in [3.8, 4) is 11.5 Å². The summed E-state index contributed by atoms with van der Waals surface area (Å²) in [6.07, 6.45) is 3.17. The summed E-state index contributed by atoms with van der Waals surface area (Å²) in [6.45, 7) is 0. The standard InChI is InChI=1S/C12H11O4P.C2H3N3/c13-17(14,15-11-7-3-1-4-8-11)16-12-9-5-2-6-10-12;1-2-4-5-3-1/h1-10H,(H,13,14);1-2H,(H,3,4,5). The first kappa shape index (κ1) is 15.8. The Balaban J connectivity index is 0.000000299. The number of aromatic nitrogens is 3. The second kappa shape index (κ2) is 7.97. The molecule has 114 valence electrons. The molecule has 0 bridgehead atoms. The Morgan fingerprint density at radius 3 is 1.55 bits per heavy atom. The van der Waals surface area contributed by atoms with Crippen LogP contribution >= 0.6 is 7.82 Å². The number of para-hydroxylation sites is 2. The fourth-order valence-corrected chi connectivity index (χ4v) is 2.23. The maximum absolute atomic E-state index is 11.7. The van der Waals surface area contributed by atoms with Crippen molar-refractivity contribution in [1.82, 2.24) is 15.4 Å². The number of nitrogens with one attached hydrogen (secondary N) is 1. The minimum Gasteiger partial charge on any atom is -0.395 e. The van der Waals surface area contributed by atoms with Gasteiger partial charge >= 0.3 is 7.82 Å². The number of hydrogen-bond donors (Lipinski definition) is 2. The van der Waals surface area contributed by atoms with Gasteiger partial charge in [-0.2, -0.15) is 15.4 Å². The van der Waals surface area contributed by atoms with Gasteiger partial charge in [0.2, 0.25) is 0 Å². The fraction of sp³-hybridized carbons (Fsp3) is 0. The lowest BCUT2D eigenvalue weighted by Crippen LogP contribution is -1.99. The minimum atomic E-state index is -4.14. The number of H-pyrrole nitrogens is 1. The molecular weight excluding hydrogens is 305 g/mol. The van der Waals surface area contributed by atoms with E-state index in [0.29, 0.717) is 0 Å². The van der Waals surface area contributed by atoms with Crippen LogP contribution in [0.2, 0.25) is 0 Å². The molecule has 7 nitrogen and oxygen atoms in total. The van der Waals surface area contributed by atoms with Crippen molar-refractivity contribution in [1.29, 1.82) is 0 Å². The van der Waals surface area contributed by atoms with E-state index in [4.69, 9.17) is 9.05 Å². The zero-order chi connectivity index (χ0) is 15.7. The van der Waals surface area contributed by atoms with E-state index in [0.717, 1.165) is 0 Å². The third kappa shape index (κ3) is 5.78. The van der Waals surface area contributed by atoms with Crippen LogP contribution in [0.3, 0.4) is 0 Å². The van der Waals surface area contributed by atoms with Gasteiger partial charge in [-0.3, -0.25) is 4.89 Å². The maximum Gasteiger partial charge on any atom is 0.584 e. The molecule has 22 heavy (non-hydrogen) atoms. The molecule has 0 aliphatic carbocycles. The van der Waals surface area contributed by atoms with E-state index in [1.54, 1.807) is 73.1 Å². The number of phosphoric acid groups is 1. The highest BCUT2D eigenvalue weighted by Gasteiger charge is 2.24. The lowest BCUT2D eigenvalue weighted by Gasteiger charge is -2.13. The average molecular weight is 319 g/mol. The van der Waals surface area contributed by atoms with Gasteiger partial charge < -0.3 is 9.05 Å². The Morgan fingerprint density at radius 1 is 0.818 bits per heavy atom. The largest absolute Gasteiger partial charge is 0.584 e. The van der Waals surface area contributed by atoms with Crippen LogP contribution in [0.15, 0.2) is 73.1 Å². The number of hydrogen-bond acceptors (Lipinski definition) is 5. The molecule has 3 aromatic rings. The lowest BCUT2D eigenvalue weighted by molar-refractivity contribution is 0.291. The molecule has 3 rings (SSSR count). The average Bonchev–Trinajstić information content (AvgIpc) is 3.08. The molecule has 0 unspecified atom stereocenters. The molecule has 0 saturated carbocycles. The summed E-state index contributed by atoms with van der Waals surface area (Å²) in [5.74, 6) is 0.573. The fourth-order valence-electron chi connectivity index (χ4n) is 1.41. The predicted octanol–water partition coefficient (Wildman–Crippen LogP) is 3.05. The summed E-state index contributed by atoms with van der Waals surface area (Å²) in [5, 5.41) is 9.33. The number of rotatable bonds is 4. The monoisotopic (exact) mass is 319 g/mol. The highest BCUT2D eigenvalue weighted by molar-refractivity contribution is 7.48. The SMILES string of the molecule is O=P(O)(Oc1ccccc1)Oc1ccccc1.c1cn[nH]n1. The van der Waals surface area contributed by atoms with E-state index in [9.17, 15) is 9.46 Å².